The minimum absolute atomic E-state index is 0. The number of allylic oxidation sites excluding steroid dienone is 4. The third-order valence-corrected chi connectivity index (χ3v) is 3.78. The minimum Gasteiger partial charge on any atom is -0.876 e. The predicted octanol–water partition coefficient (Wildman–Crippen LogP) is 1.64. The van der Waals surface area contributed by atoms with Crippen LogP contribution in [0, 0.1) is 30.1 Å². The normalized spacial score (nSPS) is 25.3. The smallest absolute Gasteiger partial charge is 0.876 e. The van der Waals surface area contributed by atoms with Crippen molar-refractivity contribution in [2.24, 2.45) is 23.7 Å². The van der Waals surface area contributed by atoms with E-state index >= 15 is 0 Å². The van der Waals surface area contributed by atoms with Gasteiger partial charge >= 0.3 is 21.1 Å². The molecule has 0 aliphatic heterocycles. The van der Waals surface area contributed by atoms with E-state index in [0.717, 1.165) is 12.5 Å². The summed E-state index contributed by atoms with van der Waals surface area (Å²) in [5, 5.41) is 9.98. The molecule has 0 saturated heterocycles. The summed E-state index contributed by atoms with van der Waals surface area (Å²) in [7, 11) is 0. The van der Waals surface area contributed by atoms with E-state index in [1.807, 2.05) is 0 Å². The van der Waals surface area contributed by atoms with E-state index in [-0.39, 0.29) is 50.1 Å². The molecule has 1 fully saturated rings. The van der Waals surface area contributed by atoms with Crippen molar-refractivity contribution in [1.82, 2.24) is 0 Å². The predicted molar refractivity (Wildman–Crippen MR) is 77.8 cm³/mol. The first-order valence-corrected chi connectivity index (χ1v) is 7.12. The van der Waals surface area contributed by atoms with Crippen molar-refractivity contribution in [1.29, 1.82) is 0 Å². The van der Waals surface area contributed by atoms with Crippen LogP contribution in [-0.4, -0.2) is 17.3 Å². The van der Waals surface area contributed by atoms with Gasteiger partial charge in [-0.05, 0) is 32.8 Å². The molecule has 0 spiro atoms. The van der Waals surface area contributed by atoms with Gasteiger partial charge < -0.3 is 11.5 Å². The van der Waals surface area contributed by atoms with Crippen LogP contribution in [0.25, 0.3) is 0 Å². The molecule has 2 aliphatic carbocycles. The zero-order valence-corrected chi connectivity index (χ0v) is 15.5. The average molecular weight is 485 g/mol. The van der Waals surface area contributed by atoms with Crippen molar-refractivity contribution in [3.05, 3.63) is 30.4 Å². The average Bonchev–Trinajstić information content (AvgIpc) is 2.88. The van der Waals surface area contributed by atoms with Gasteiger partial charge in [-0.1, -0.05) is 19.4 Å². The Morgan fingerprint density at radius 1 is 1.14 bits per heavy atom. The number of fused-ring (bicyclic) bond motifs is 2. The van der Waals surface area contributed by atoms with E-state index < -0.39 is 5.92 Å². The Bertz CT molecular complexity index is 475. The molecule has 22 heavy (non-hydrogen) atoms. The summed E-state index contributed by atoms with van der Waals surface area (Å²) in [5.41, 5.74) is 0. The molecule has 2 bridgehead atoms. The standard InChI is InChI=1S/C12H15O2.C5H8O2.Pt/c1-7(13)12(8(2)14)11-6-9-3-4-10(11)5-9;1-4(6)3-5(2)7;/h3-4,6,9-12H,5H2,1-2H3;3,6H,1-2H3;/q-1;;+2/p-1/t9-,10+,11?;;/m0../s1. The Labute approximate surface area is 146 Å². The van der Waals surface area contributed by atoms with Gasteiger partial charge in [0, 0.05) is 0 Å². The van der Waals surface area contributed by atoms with Crippen molar-refractivity contribution < 1.29 is 40.6 Å². The van der Waals surface area contributed by atoms with E-state index in [1.54, 1.807) is 0 Å². The number of rotatable bonds is 4. The SMILES string of the molecule is CC(=O)C(C(C)=O)C1[CH-][C@H]2C=C[C@@H]1C2.CC(=O)C=C(C)[O-].[Pt+2]. The largest absolute Gasteiger partial charge is 2.00 e. The number of ketones is 3. The third kappa shape index (κ3) is 6.00. The molecule has 1 unspecified atom stereocenters. The summed E-state index contributed by atoms with van der Waals surface area (Å²) in [6, 6.07) is 0. The number of hydrogen-bond donors (Lipinski definition) is 0. The van der Waals surface area contributed by atoms with Crippen molar-refractivity contribution in [3.8, 4) is 0 Å². The Hall–Kier alpha value is -1.02. The van der Waals surface area contributed by atoms with Gasteiger partial charge in [-0.15, -0.1) is 23.7 Å². The van der Waals surface area contributed by atoms with Gasteiger partial charge in [0.05, 0.1) is 5.92 Å². The molecular formula is C17H22O4Pt. The molecule has 0 aromatic rings. The fourth-order valence-electron chi connectivity index (χ4n) is 3.09. The van der Waals surface area contributed by atoms with E-state index in [2.05, 4.69) is 18.6 Å². The fourth-order valence-corrected chi connectivity index (χ4v) is 3.09. The molecule has 4 nitrogen and oxygen atoms in total. The summed E-state index contributed by atoms with van der Waals surface area (Å²) >= 11 is 0. The van der Waals surface area contributed by atoms with Gasteiger partial charge in [0.2, 0.25) is 0 Å². The van der Waals surface area contributed by atoms with Crippen molar-refractivity contribution in [2.75, 3.05) is 0 Å². The van der Waals surface area contributed by atoms with E-state index in [1.165, 1.54) is 27.7 Å². The number of hydrogen-bond acceptors (Lipinski definition) is 4. The molecule has 0 radical (unpaired) electrons. The zero-order chi connectivity index (χ0) is 16.2. The first-order valence-electron chi connectivity index (χ1n) is 7.12. The van der Waals surface area contributed by atoms with Gasteiger partial charge in [-0.25, -0.2) is 0 Å². The molecule has 0 aromatic heterocycles. The van der Waals surface area contributed by atoms with Crippen LogP contribution < -0.4 is 5.11 Å². The van der Waals surface area contributed by atoms with Crippen molar-refractivity contribution >= 4 is 17.3 Å². The van der Waals surface area contributed by atoms with Gasteiger partial charge in [0.15, 0.2) is 5.78 Å². The second-order valence-electron chi connectivity index (χ2n) is 5.78. The molecule has 3 atom stereocenters. The van der Waals surface area contributed by atoms with Crippen molar-refractivity contribution in [3.63, 3.8) is 0 Å². The minimum atomic E-state index is -0.394. The third-order valence-electron chi connectivity index (χ3n) is 3.78. The first-order chi connectivity index (χ1) is 9.72. The molecule has 0 amide bonds. The van der Waals surface area contributed by atoms with E-state index in [9.17, 15) is 19.5 Å². The Morgan fingerprint density at radius 3 is 1.91 bits per heavy atom. The number of Topliss-reactive ketones (excluding diaryl/α,β-unsaturated/α-hetero) is 2. The molecule has 2 aliphatic rings. The monoisotopic (exact) mass is 485 g/mol. The number of carbonyl (C=O) groups excluding carboxylic acids is 3. The van der Waals surface area contributed by atoms with Crippen LogP contribution in [-0.2, 0) is 35.4 Å². The van der Waals surface area contributed by atoms with Crippen LogP contribution in [0.1, 0.15) is 34.1 Å². The fraction of sp³-hybridized carbons (Fsp3) is 0.529. The van der Waals surface area contributed by atoms with Crippen LogP contribution in [0.2, 0.25) is 0 Å². The van der Waals surface area contributed by atoms with E-state index in [0.29, 0.717) is 11.8 Å². The van der Waals surface area contributed by atoms with E-state index in [4.69, 9.17) is 0 Å². The van der Waals surface area contributed by atoms with Crippen LogP contribution >= 0.6 is 0 Å². The summed E-state index contributed by atoms with van der Waals surface area (Å²) in [5.74, 6) is 0.360. The maximum absolute atomic E-state index is 11.4. The second kappa shape index (κ2) is 9.19. The topological polar surface area (TPSA) is 74.3 Å². The molecule has 0 heterocycles. The Balaban J connectivity index is 0.000000478. The molecule has 0 N–H and O–H groups in total. The maximum atomic E-state index is 11.4. The number of carbonyl (C=O) groups is 3. The molecule has 1 saturated carbocycles. The summed E-state index contributed by atoms with van der Waals surface area (Å²) in [6.45, 7) is 5.74. The quantitative estimate of drug-likeness (QED) is 0.200. The molecule has 2 rings (SSSR count). The zero-order valence-electron chi connectivity index (χ0n) is 13.3. The van der Waals surface area contributed by atoms with Gasteiger partial charge in [-0.2, -0.15) is 0 Å². The molecule has 5 heteroatoms. The van der Waals surface area contributed by atoms with Crippen LogP contribution in [0.5, 0.6) is 0 Å². The molecule has 124 valence electrons. The van der Waals surface area contributed by atoms with Gasteiger partial charge in [0.25, 0.3) is 0 Å². The second-order valence-corrected chi connectivity index (χ2v) is 5.78. The van der Waals surface area contributed by atoms with Crippen LogP contribution in [0.3, 0.4) is 0 Å². The van der Waals surface area contributed by atoms with Crippen LogP contribution in [0.15, 0.2) is 24.0 Å². The Kier molecular flexibility index (Phi) is 8.77. The summed E-state index contributed by atoms with van der Waals surface area (Å²) in [6.07, 6.45) is 8.67. The van der Waals surface area contributed by atoms with Gasteiger partial charge in [0.1, 0.15) is 11.6 Å². The Morgan fingerprint density at radius 2 is 1.68 bits per heavy atom. The van der Waals surface area contributed by atoms with Gasteiger partial charge in [-0.3, -0.25) is 14.4 Å². The first kappa shape index (κ1) is 21.0. The summed E-state index contributed by atoms with van der Waals surface area (Å²) < 4.78 is 0. The molecular weight excluding hydrogens is 463 g/mol. The maximum Gasteiger partial charge on any atom is 2.00 e. The van der Waals surface area contributed by atoms with Crippen LogP contribution in [0.4, 0.5) is 0 Å². The summed E-state index contributed by atoms with van der Waals surface area (Å²) in [4.78, 5) is 32.7. The molecule has 0 aromatic carbocycles. The van der Waals surface area contributed by atoms with Crippen molar-refractivity contribution in [2.45, 2.75) is 34.1 Å².